The van der Waals surface area contributed by atoms with Crippen molar-refractivity contribution in [2.45, 2.75) is 25.6 Å². The van der Waals surface area contributed by atoms with E-state index < -0.39 is 5.97 Å². The summed E-state index contributed by atoms with van der Waals surface area (Å²) in [6.45, 7) is 3.53. The predicted molar refractivity (Wildman–Crippen MR) is 121 cm³/mol. The van der Waals surface area contributed by atoms with Crippen molar-refractivity contribution in [1.82, 2.24) is 19.9 Å². The van der Waals surface area contributed by atoms with E-state index in [1.165, 1.54) is 0 Å². The molecule has 1 saturated heterocycles. The zero-order valence-corrected chi connectivity index (χ0v) is 17.8. The third-order valence-electron chi connectivity index (χ3n) is 5.64. The fraction of sp³-hybridized carbons (Fsp3) is 0.333. The lowest BCUT2D eigenvalue weighted by Gasteiger charge is -2.44. The molecule has 0 amide bonds. The molecule has 2 aliphatic heterocycles. The highest BCUT2D eigenvalue weighted by molar-refractivity contribution is 6.58. The summed E-state index contributed by atoms with van der Waals surface area (Å²) in [4.78, 5) is 34.9. The van der Waals surface area contributed by atoms with Gasteiger partial charge in [-0.25, -0.2) is 19.7 Å². The Kier molecular flexibility index (Phi) is 5.34. The van der Waals surface area contributed by atoms with E-state index in [9.17, 15) is 9.90 Å². The molecule has 5 rings (SSSR count). The van der Waals surface area contributed by atoms with Crippen molar-refractivity contribution in [3.8, 4) is 17.1 Å². The molecule has 12 nitrogen and oxygen atoms in total. The lowest BCUT2D eigenvalue weighted by atomic mass is 10.1. The highest BCUT2D eigenvalue weighted by Gasteiger charge is 2.37. The fourth-order valence-electron chi connectivity index (χ4n) is 4.17. The molecule has 1 unspecified atom stereocenters. The molecule has 2 aliphatic rings. The van der Waals surface area contributed by atoms with E-state index >= 15 is 0 Å². The molecule has 5 heterocycles. The van der Waals surface area contributed by atoms with Crippen LogP contribution in [0, 0.1) is 0 Å². The van der Waals surface area contributed by atoms with Crippen LogP contribution in [0.5, 0.6) is 5.75 Å². The monoisotopic (exact) mass is 450 g/mol. The van der Waals surface area contributed by atoms with Gasteiger partial charge >= 0.3 is 5.97 Å². The Balaban J connectivity index is 1.67. The first kappa shape index (κ1) is 20.8. The maximum Gasteiger partial charge on any atom is 0.355 e. The third-order valence-corrected chi connectivity index (χ3v) is 5.64. The van der Waals surface area contributed by atoms with E-state index in [1.807, 2.05) is 12.1 Å². The number of nitrogens with zero attached hydrogens (tertiary/aromatic N) is 6. The van der Waals surface area contributed by atoms with Gasteiger partial charge < -0.3 is 30.3 Å². The molecule has 2 atom stereocenters. The van der Waals surface area contributed by atoms with Gasteiger partial charge in [-0.2, -0.15) is 5.10 Å². The summed E-state index contributed by atoms with van der Waals surface area (Å²) in [5.41, 5.74) is 1.70. The van der Waals surface area contributed by atoms with Gasteiger partial charge in [-0.1, -0.05) is 0 Å². The molecule has 0 bridgehead atoms. The topological polar surface area (TPSA) is 164 Å². The van der Waals surface area contributed by atoms with Crippen LogP contribution in [-0.2, 0) is 16.1 Å². The van der Waals surface area contributed by atoms with Crippen molar-refractivity contribution in [2.75, 3.05) is 24.7 Å². The number of ether oxygens (including phenoxy) is 2. The van der Waals surface area contributed by atoms with Crippen LogP contribution >= 0.6 is 0 Å². The van der Waals surface area contributed by atoms with E-state index in [-0.39, 0.29) is 24.3 Å². The number of H-pyrrole nitrogens is 1. The van der Waals surface area contributed by atoms with Gasteiger partial charge in [0.2, 0.25) is 0 Å². The number of carboxylic acids is 1. The summed E-state index contributed by atoms with van der Waals surface area (Å²) in [7, 11) is 0. The van der Waals surface area contributed by atoms with E-state index in [0.29, 0.717) is 42.9 Å². The van der Waals surface area contributed by atoms with Crippen LogP contribution in [0.3, 0.4) is 0 Å². The van der Waals surface area contributed by atoms with Crippen LogP contribution in [0.4, 0.5) is 5.82 Å². The van der Waals surface area contributed by atoms with Crippen LogP contribution in [0.15, 0.2) is 34.6 Å². The van der Waals surface area contributed by atoms with Crippen molar-refractivity contribution in [3.05, 3.63) is 30.2 Å². The number of carboxylic acid groups (broad SMARTS) is 1. The minimum atomic E-state index is -1.24. The van der Waals surface area contributed by atoms with Crippen molar-refractivity contribution in [1.29, 1.82) is 0 Å². The number of fused-ring (bicyclic) bond motifs is 4. The SMILES string of the molecule is C[C@@H]1COCC2COc3c(CN=C(C=NN)C(=O)O)nc(-c4ccnc5[nH]ccc45)nc3N21. The van der Waals surface area contributed by atoms with Crippen LogP contribution in [0.1, 0.15) is 12.6 Å². The molecule has 12 heteroatoms. The van der Waals surface area contributed by atoms with E-state index in [0.717, 1.165) is 22.8 Å². The molecule has 0 aromatic carbocycles. The van der Waals surface area contributed by atoms with Crippen molar-refractivity contribution < 1.29 is 19.4 Å². The number of morpholine rings is 1. The van der Waals surface area contributed by atoms with Gasteiger partial charge in [-0.3, -0.25) is 4.99 Å². The molecule has 1 fully saturated rings. The minimum absolute atomic E-state index is 0.0176. The Labute approximate surface area is 188 Å². The lowest BCUT2D eigenvalue weighted by Crippen LogP contribution is -2.56. The molecule has 0 radical (unpaired) electrons. The quantitative estimate of drug-likeness (QED) is 0.292. The zero-order chi connectivity index (χ0) is 22.9. The number of hydrogen-bond acceptors (Lipinski definition) is 10. The standard InChI is InChI=1S/C21H22N8O4/c1-11-8-32-9-12-10-33-17-15(6-25-16(7-26-22)21(30)31)27-19(28-20(17)29(11)12)14-3-5-24-18-13(14)2-4-23-18/h2-5,7,11-12H,6,8-10,22H2,1H3,(H,23,24)(H,30,31)/t11-,12?/m1/s1. The first-order valence-electron chi connectivity index (χ1n) is 10.4. The number of hydrogen-bond donors (Lipinski definition) is 3. The number of aliphatic carboxylic acids is 1. The van der Waals surface area contributed by atoms with E-state index in [1.54, 1.807) is 12.4 Å². The van der Waals surface area contributed by atoms with Gasteiger partial charge in [0.05, 0.1) is 38.1 Å². The number of nitrogens with one attached hydrogen (secondary N) is 1. The second-order valence-corrected chi connectivity index (χ2v) is 7.79. The van der Waals surface area contributed by atoms with Gasteiger partial charge in [0.25, 0.3) is 0 Å². The summed E-state index contributed by atoms with van der Waals surface area (Å²) in [6, 6.07) is 3.85. The lowest BCUT2D eigenvalue weighted by molar-refractivity contribution is -0.129. The molecular weight excluding hydrogens is 428 g/mol. The number of aliphatic imine (C=N–C) groups is 1. The summed E-state index contributed by atoms with van der Waals surface area (Å²) in [6.07, 6.45) is 4.48. The Morgan fingerprint density at radius 1 is 1.36 bits per heavy atom. The van der Waals surface area contributed by atoms with Gasteiger partial charge in [-0.15, -0.1) is 0 Å². The molecular formula is C21H22N8O4. The van der Waals surface area contributed by atoms with Crippen molar-refractivity contribution in [3.63, 3.8) is 0 Å². The second-order valence-electron chi connectivity index (χ2n) is 7.79. The molecule has 0 saturated carbocycles. The molecule has 0 aliphatic carbocycles. The average Bonchev–Trinajstić information content (AvgIpc) is 3.30. The first-order chi connectivity index (χ1) is 16.1. The van der Waals surface area contributed by atoms with Gasteiger partial charge in [-0.05, 0) is 19.1 Å². The Morgan fingerprint density at radius 2 is 2.24 bits per heavy atom. The smallest absolute Gasteiger partial charge is 0.355 e. The normalized spacial score (nSPS) is 20.5. The molecule has 3 aromatic rings. The number of anilines is 1. The summed E-state index contributed by atoms with van der Waals surface area (Å²) in [5, 5.41) is 13.5. The number of aromatic nitrogens is 4. The maximum absolute atomic E-state index is 11.5. The van der Waals surface area contributed by atoms with Crippen LogP contribution in [0.25, 0.3) is 22.4 Å². The highest BCUT2D eigenvalue weighted by atomic mass is 16.5. The van der Waals surface area contributed by atoms with Crippen LogP contribution < -0.4 is 15.5 Å². The molecule has 3 aromatic heterocycles. The van der Waals surface area contributed by atoms with Crippen LogP contribution in [-0.4, -0.2) is 74.8 Å². The second kappa shape index (κ2) is 8.47. The largest absolute Gasteiger partial charge is 0.486 e. The number of carbonyl (C=O) groups is 1. The first-order valence-corrected chi connectivity index (χ1v) is 10.4. The highest BCUT2D eigenvalue weighted by Crippen LogP contribution is 2.39. The number of hydrazone groups is 1. The predicted octanol–water partition coefficient (Wildman–Crippen LogP) is 0.976. The van der Waals surface area contributed by atoms with Gasteiger partial charge in [0.15, 0.2) is 23.1 Å². The fourth-order valence-corrected chi connectivity index (χ4v) is 4.17. The number of rotatable bonds is 5. The summed E-state index contributed by atoms with van der Waals surface area (Å²) < 4.78 is 11.7. The average molecular weight is 450 g/mol. The Bertz CT molecular complexity index is 1270. The van der Waals surface area contributed by atoms with Crippen LogP contribution in [0.2, 0.25) is 0 Å². The zero-order valence-electron chi connectivity index (χ0n) is 17.8. The number of aromatic amines is 1. The van der Waals surface area contributed by atoms with Crippen molar-refractivity contribution >= 4 is 34.7 Å². The minimum Gasteiger partial charge on any atom is -0.486 e. The Morgan fingerprint density at radius 3 is 3.06 bits per heavy atom. The van der Waals surface area contributed by atoms with E-state index in [2.05, 4.69) is 31.9 Å². The van der Waals surface area contributed by atoms with Gasteiger partial charge in [0.1, 0.15) is 17.9 Å². The Hall–Kier alpha value is -4.06. The number of nitrogens with two attached hydrogens (primary N) is 1. The third kappa shape index (κ3) is 3.74. The molecule has 33 heavy (non-hydrogen) atoms. The molecule has 170 valence electrons. The molecule has 4 N–H and O–H groups in total. The van der Waals surface area contributed by atoms with E-state index in [4.69, 9.17) is 25.3 Å². The van der Waals surface area contributed by atoms with Crippen molar-refractivity contribution in [2.24, 2.45) is 15.9 Å². The maximum atomic E-state index is 11.5. The van der Waals surface area contributed by atoms with Gasteiger partial charge in [0, 0.05) is 23.3 Å². The summed E-state index contributed by atoms with van der Waals surface area (Å²) >= 11 is 0. The number of pyridine rings is 1. The molecule has 0 spiro atoms. The summed E-state index contributed by atoms with van der Waals surface area (Å²) in [5.74, 6) is 5.49.